The zero-order chi connectivity index (χ0) is 14.4. The zero-order valence-corrected chi connectivity index (χ0v) is 11.4. The number of benzene rings is 1. The molecular weight excluding hydrogens is 256 g/mol. The monoisotopic (exact) mass is 274 g/mol. The van der Waals surface area contributed by atoms with Crippen molar-refractivity contribution >= 4 is 5.97 Å². The molecule has 1 aromatic heterocycles. The topological polar surface area (TPSA) is 75.2 Å². The first-order valence-corrected chi connectivity index (χ1v) is 6.65. The predicted octanol–water partition coefficient (Wildman–Crippen LogP) is 2.25. The molecule has 0 bridgehead atoms. The van der Waals surface area contributed by atoms with Gasteiger partial charge in [-0.05, 0) is 31.4 Å². The fourth-order valence-electron chi connectivity index (χ4n) is 1.93. The molecule has 2 rings (SSSR count). The van der Waals surface area contributed by atoms with Crippen molar-refractivity contribution in [3.8, 4) is 0 Å². The summed E-state index contributed by atoms with van der Waals surface area (Å²) < 4.78 is 4.87. The van der Waals surface area contributed by atoms with Crippen molar-refractivity contribution in [2.45, 2.75) is 25.9 Å². The molecule has 2 N–H and O–H groups in total. The van der Waals surface area contributed by atoms with Gasteiger partial charge in [-0.15, -0.1) is 0 Å². The van der Waals surface area contributed by atoms with Crippen LogP contribution in [0.4, 0.5) is 0 Å². The lowest BCUT2D eigenvalue weighted by Gasteiger charge is -2.09. The molecule has 0 fully saturated rings. The Labute approximate surface area is 117 Å². The van der Waals surface area contributed by atoms with E-state index in [9.17, 15) is 9.90 Å². The lowest BCUT2D eigenvalue weighted by molar-refractivity contribution is 0.0519. The highest BCUT2D eigenvalue weighted by molar-refractivity contribution is 5.87. The fourth-order valence-corrected chi connectivity index (χ4v) is 1.93. The van der Waals surface area contributed by atoms with Crippen LogP contribution in [0.25, 0.3) is 0 Å². The second-order valence-electron chi connectivity index (χ2n) is 4.46. The first-order chi connectivity index (χ1) is 9.70. The van der Waals surface area contributed by atoms with Crippen molar-refractivity contribution in [2.75, 3.05) is 6.61 Å². The van der Waals surface area contributed by atoms with E-state index < -0.39 is 12.1 Å². The standard InChI is InChI=1S/C15H18N2O3/c1-2-20-15(19)13-10-12(16-17-13)8-9-14(18)11-6-4-3-5-7-11/h3-7,10,14,18H,2,8-9H2,1H3,(H,16,17). The zero-order valence-electron chi connectivity index (χ0n) is 11.4. The van der Waals surface area contributed by atoms with E-state index in [2.05, 4.69) is 10.2 Å². The number of rotatable bonds is 6. The van der Waals surface area contributed by atoms with Gasteiger partial charge >= 0.3 is 5.97 Å². The van der Waals surface area contributed by atoms with Gasteiger partial charge in [0.15, 0.2) is 5.69 Å². The van der Waals surface area contributed by atoms with Crippen LogP contribution in [0.3, 0.4) is 0 Å². The van der Waals surface area contributed by atoms with Gasteiger partial charge < -0.3 is 9.84 Å². The molecule has 0 aliphatic rings. The molecule has 1 aromatic carbocycles. The minimum Gasteiger partial charge on any atom is -0.461 e. The summed E-state index contributed by atoms with van der Waals surface area (Å²) in [6.45, 7) is 2.08. The Hall–Kier alpha value is -2.14. The summed E-state index contributed by atoms with van der Waals surface area (Å²) in [5.41, 5.74) is 1.97. The number of nitrogens with zero attached hydrogens (tertiary/aromatic N) is 1. The third kappa shape index (κ3) is 3.68. The summed E-state index contributed by atoms with van der Waals surface area (Å²) in [7, 11) is 0. The van der Waals surface area contributed by atoms with E-state index in [-0.39, 0.29) is 5.69 Å². The van der Waals surface area contributed by atoms with Crippen LogP contribution in [0.1, 0.15) is 41.2 Å². The molecule has 5 nitrogen and oxygen atoms in total. The quantitative estimate of drug-likeness (QED) is 0.792. The van der Waals surface area contributed by atoms with Crippen LogP contribution in [0, 0.1) is 0 Å². The normalized spacial score (nSPS) is 12.1. The first kappa shape index (κ1) is 14.3. The van der Waals surface area contributed by atoms with E-state index in [0.29, 0.717) is 19.4 Å². The molecule has 5 heteroatoms. The van der Waals surface area contributed by atoms with Gasteiger partial charge in [0, 0.05) is 5.69 Å². The van der Waals surface area contributed by atoms with Crippen molar-refractivity contribution in [1.82, 2.24) is 10.2 Å². The second-order valence-corrected chi connectivity index (χ2v) is 4.46. The number of ether oxygens (including phenoxy) is 1. The Morgan fingerprint density at radius 1 is 1.40 bits per heavy atom. The number of aliphatic hydroxyl groups is 1. The van der Waals surface area contributed by atoms with Crippen LogP contribution in [-0.2, 0) is 11.2 Å². The number of aryl methyl sites for hydroxylation is 1. The van der Waals surface area contributed by atoms with Gasteiger partial charge in [-0.3, -0.25) is 5.10 Å². The molecule has 106 valence electrons. The lowest BCUT2D eigenvalue weighted by atomic mass is 10.0. The maximum absolute atomic E-state index is 11.5. The number of hydrogen-bond donors (Lipinski definition) is 2. The average Bonchev–Trinajstić information content (AvgIpc) is 2.95. The number of esters is 1. The second kappa shape index (κ2) is 6.86. The third-order valence-electron chi connectivity index (χ3n) is 2.99. The number of carbonyl (C=O) groups excluding carboxylic acids is 1. The van der Waals surface area contributed by atoms with Crippen LogP contribution >= 0.6 is 0 Å². The lowest BCUT2D eigenvalue weighted by Crippen LogP contribution is -2.04. The van der Waals surface area contributed by atoms with Gasteiger partial charge in [0.25, 0.3) is 0 Å². The summed E-state index contributed by atoms with van der Waals surface area (Å²) in [4.78, 5) is 11.5. The van der Waals surface area contributed by atoms with E-state index >= 15 is 0 Å². The first-order valence-electron chi connectivity index (χ1n) is 6.65. The highest BCUT2D eigenvalue weighted by atomic mass is 16.5. The highest BCUT2D eigenvalue weighted by Crippen LogP contribution is 2.18. The van der Waals surface area contributed by atoms with Gasteiger partial charge in [-0.2, -0.15) is 5.10 Å². The van der Waals surface area contributed by atoms with Crippen LogP contribution in [0.2, 0.25) is 0 Å². The molecular formula is C15H18N2O3. The molecule has 1 heterocycles. The Bertz CT molecular complexity index is 551. The molecule has 0 spiro atoms. The van der Waals surface area contributed by atoms with Gasteiger partial charge in [0.1, 0.15) is 0 Å². The van der Waals surface area contributed by atoms with E-state index in [0.717, 1.165) is 11.3 Å². The summed E-state index contributed by atoms with van der Waals surface area (Å²) in [5.74, 6) is -0.432. The number of aliphatic hydroxyl groups excluding tert-OH is 1. The highest BCUT2D eigenvalue weighted by Gasteiger charge is 2.13. The number of H-pyrrole nitrogens is 1. The van der Waals surface area contributed by atoms with E-state index in [1.165, 1.54) is 0 Å². The van der Waals surface area contributed by atoms with Gasteiger partial charge in [-0.25, -0.2) is 4.79 Å². The molecule has 20 heavy (non-hydrogen) atoms. The van der Waals surface area contributed by atoms with Crippen LogP contribution < -0.4 is 0 Å². The van der Waals surface area contributed by atoms with E-state index in [1.54, 1.807) is 13.0 Å². The van der Waals surface area contributed by atoms with E-state index in [4.69, 9.17) is 4.74 Å². The Kier molecular flexibility index (Phi) is 4.90. The molecule has 0 aliphatic heterocycles. The van der Waals surface area contributed by atoms with Crippen molar-refractivity contribution in [3.05, 3.63) is 53.3 Å². The average molecular weight is 274 g/mol. The molecule has 2 aromatic rings. The number of carbonyl (C=O) groups is 1. The molecule has 0 radical (unpaired) electrons. The fraction of sp³-hybridized carbons (Fsp3) is 0.333. The molecule has 1 atom stereocenters. The molecule has 1 unspecified atom stereocenters. The summed E-state index contributed by atoms with van der Waals surface area (Å²) in [6, 6.07) is 11.1. The van der Waals surface area contributed by atoms with Crippen LogP contribution in [-0.4, -0.2) is 27.9 Å². The Morgan fingerprint density at radius 2 is 2.15 bits per heavy atom. The maximum Gasteiger partial charge on any atom is 0.358 e. The number of aromatic nitrogens is 2. The predicted molar refractivity (Wildman–Crippen MR) is 74.3 cm³/mol. The number of hydrogen-bond acceptors (Lipinski definition) is 4. The number of nitrogens with one attached hydrogen (secondary N) is 1. The summed E-state index contributed by atoms with van der Waals surface area (Å²) in [5, 5.41) is 16.8. The van der Waals surface area contributed by atoms with Gasteiger partial charge in [0.05, 0.1) is 12.7 Å². The molecule has 0 saturated heterocycles. The summed E-state index contributed by atoms with van der Waals surface area (Å²) >= 11 is 0. The van der Waals surface area contributed by atoms with E-state index in [1.807, 2.05) is 30.3 Å². The van der Waals surface area contributed by atoms with Crippen LogP contribution in [0.15, 0.2) is 36.4 Å². The van der Waals surface area contributed by atoms with Gasteiger partial charge in [-0.1, -0.05) is 30.3 Å². The molecule has 0 amide bonds. The number of aromatic amines is 1. The third-order valence-corrected chi connectivity index (χ3v) is 2.99. The van der Waals surface area contributed by atoms with Crippen molar-refractivity contribution in [2.24, 2.45) is 0 Å². The van der Waals surface area contributed by atoms with Crippen LogP contribution in [0.5, 0.6) is 0 Å². The van der Waals surface area contributed by atoms with Crippen molar-refractivity contribution in [3.63, 3.8) is 0 Å². The SMILES string of the molecule is CCOC(=O)c1cc(CCC(O)c2ccccc2)[nH]n1. The van der Waals surface area contributed by atoms with Crippen molar-refractivity contribution in [1.29, 1.82) is 0 Å². The maximum atomic E-state index is 11.5. The van der Waals surface area contributed by atoms with Gasteiger partial charge in [0.2, 0.25) is 0 Å². The van der Waals surface area contributed by atoms with Crippen molar-refractivity contribution < 1.29 is 14.6 Å². The minimum absolute atomic E-state index is 0.274. The Balaban J connectivity index is 1.90. The molecule has 0 aliphatic carbocycles. The smallest absolute Gasteiger partial charge is 0.358 e. The largest absolute Gasteiger partial charge is 0.461 e. The molecule has 0 saturated carbocycles. The summed E-state index contributed by atoms with van der Waals surface area (Å²) in [6.07, 6.45) is 0.655. The minimum atomic E-state index is -0.523. The Morgan fingerprint density at radius 3 is 2.85 bits per heavy atom.